The summed E-state index contributed by atoms with van der Waals surface area (Å²) in [5.41, 5.74) is 0. The van der Waals surface area contributed by atoms with E-state index < -0.39 is 5.97 Å². The first-order valence-electron chi connectivity index (χ1n) is 6.98. The molecule has 0 aliphatic carbocycles. The SMILES string of the molecule is O=C(O)CN1CCCN(CC2CCOCC2)CC1. The van der Waals surface area contributed by atoms with Crippen LogP contribution in [0.25, 0.3) is 0 Å². The molecule has 1 N–H and O–H groups in total. The number of carboxylic acids is 1. The van der Waals surface area contributed by atoms with Crippen LogP contribution in [0.2, 0.25) is 0 Å². The Balaban J connectivity index is 1.72. The zero-order valence-corrected chi connectivity index (χ0v) is 11.0. The normalized spacial score (nSPS) is 24.9. The van der Waals surface area contributed by atoms with Gasteiger partial charge in [0.05, 0.1) is 6.54 Å². The van der Waals surface area contributed by atoms with Gasteiger partial charge in [-0.25, -0.2) is 0 Å². The van der Waals surface area contributed by atoms with Gasteiger partial charge in [-0.05, 0) is 31.7 Å². The molecule has 0 spiro atoms. The molecular weight excluding hydrogens is 232 g/mol. The van der Waals surface area contributed by atoms with Gasteiger partial charge in [-0.1, -0.05) is 0 Å². The second-order valence-electron chi connectivity index (χ2n) is 5.38. The van der Waals surface area contributed by atoms with Gasteiger partial charge in [-0.2, -0.15) is 0 Å². The minimum absolute atomic E-state index is 0.186. The van der Waals surface area contributed by atoms with E-state index >= 15 is 0 Å². The number of carbonyl (C=O) groups is 1. The summed E-state index contributed by atoms with van der Waals surface area (Å²) in [6.07, 6.45) is 3.43. The molecule has 2 fully saturated rings. The quantitative estimate of drug-likeness (QED) is 0.794. The van der Waals surface area contributed by atoms with Crippen LogP contribution in [-0.2, 0) is 9.53 Å². The Kier molecular flexibility index (Phi) is 5.41. The Bertz CT molecular complexity index is 267. The van der Waals surface area contributed by atoms with Crippen molar-refractivity contribution in [1.82, 2.24) is 9.80 Å². The smallest absolute Gasteiger partial charge is 0.317 e. The molecule has 0 aromatic carbocycles. The van der Waals surface area contributed by atoms with E-state index in [4.69, 9.17) is 9.84 Å². The number of aliphatic carboxylic acids is 1. The third-order valence-electron chi connectivity index (χ3n) is 3.90. The lowest BCUT2D eigenvalue weighted by molar-refractivity contribution is -0.138. The molecule has 5 heteroatoms. The predicted octanol–water partition coefficient (Wildman–Crippen LogP) is 0.505. The first kappa shape index (κ1) is 13.8. The Morgan fingerprint density at radius 2 is 1.78 bits per heavy atom. The van der Waals surface area contributed by atoms with Crippen molar-refractivity contribution in [2.45, 2.75) is 19.3 Å². The van der Waals surface area contributed by atoms with E-state index in [1.165, 1.54) is 12.8 Å². The Hall–Kier alpha value is -0.650. The number of hydrogen-bond donors (Lipinski definition) is 1. The van der Waals surface area contributed by atoms with Crippen molar-refractivity contribution in [3.05, 3.63) is 0 Å². The average Bonchev–Trinajstić information content (AvgIpc) is 2.56. The number of rotatable bonds is 4. The summed E-state index contributed by atoms with van der Waals surface area (Å²) < 4.78 is 5.38. The minimum atomic E-state index is -0.715. The first-order chi connectivity index (χ1) is 8.74. The van der Waals surface area contributed by atoms with Crippen LogP contribution in [0.15, 0.2) is 0 Å². The molecule has 5 nitrogen and oxygen atoms in total. The Morgan fingerprint density at radius 3 is 2.50 bits per heavy atom. The molecule has 0 aromatic heterocycles. The number of nitrogens with zero attached hydrogens (tertiary/aromatic N) is 2. The number of hydrogen-bond acceptors (Lipinski definition) is 4. The van der Waals surface area contributed by atoms with Crippen LogP contribution in [0.3, 0.4) is 0 Å². The van der Waals surface area contributed by atoms with Gasteiger partial charge in [-0.3, -0.25) is 9.69 Å². The molecular formula is C13H24N2O3. The summed E-state index contributed by atoms with van der Waals surface area (Å²) >= 11 is 0. The fourth-order valence-electron chi connectivity index (χ4n) is 2.85. The first-order valence-corrected chi connectivity index (χ1v) is 6.98. The van der Waals surface area contributed by atoms with Crippen LogP contribution in [0.5, 0.6) is 0 Å². The Morgan fingerprint density at radius 1 is 1.11 bits per heavy atom. The average molecular weight is 256 g/mol. The van der Waals surface area contributed by atoms with E-state index in [0.29, 0.717) is 0 Å². The highest BCUT2D eigenvalue weighted by Gasteiger charge is 2.20. The highest BCUT2D eigenvalue weighted by Crippen LogP contribution is 2.17. The van der Waals surface area contributed by atoms with Crippen molar-refractivity contribution < 1.29 is 14.6 Å². The summed E-state index contributed by atoms with van der Waals surface area (Å²) in [5, 5.41) is 8.82. The third kappa shape index (κ3) is 4.55. The molecule has 104 valence electrons. The second-order valence-corrected chi connectivity index (χ2v) is 5.38. The molecule has 0 saturated carbocycles. The van der Waals surface area contributed by atoms with Crippen molar-refractivity contribution in [3.8, 4) is 0 Å². The molecule has 0 bridgehead atoms. The lowest BCUT2D eigenvalue weighted by Gasteiger charge is -2.28. The number of ether oxygens (including phenoxy) is 1. The van der Waals surface area contributed by atoms with Gasteiger partial charge in [0.25, 0.3) is 0 Å². The maximum absolute atomic E-state index is 10.7. The molecule has 2 saturated heterocycles. The standard InChI is InChI=1S/C13H24N2O3/c16-13(17)11-15-5-1-4-14(6-7-15)10-12-2-8-18-9-3-12/h12H,1-11H2,(H,16,17). The predicted molar refractivity (Wildman–Crippen MR) is 68.7 cm³/mol. The van der Waals surface area contributed by atoms with Gasteiger partial charge >= 0.3 is 5.97 Å². The molecule has 2 aliphatic rings. The zero-order valence-electron chi connectivity index (χ0n) is 11.0. The molecule has 18 heavy (non-hydrogen) atoms. The molecule has 0 atom stereocenters. The highest BCUT2D eigenvalue weighted by atomic mass is 16.5. The van der Waals surface area contributed by atoms with Crippen molar-refractivity contribution in [2.24, 2.45) is 5.92 Å². The van der Waals surface area contributed by atoms with Crippen molar-refractivity contribution >= 4 is 5.97 Å². The summed E-state index contributed by atoms with van der Waals surface area (Å²) in [6, 6.07) is 0. The maximum Gasteiger partial charge on any atom is 0.317 e. The second kappa shape index (κ2) is 7.07. The van der Waals surface area contributed by atoms with Gasteiger partial charge in [0.2, 0.25) is 0 Å². The summed E-state index contributed by atoms with van der Waals surface area (Å²) in [5.74, 6) is 0.0534. The fraction of sp³-hybridized carbons (Fsp3) is 0.923. The van der Waals surface area contributed by atoms with Crippen LogP contribution in [0, 0.1) is 5.92 Å². The van der Waals surface area contributed by atoms with E-state index in [-0.39, 0.29) is 6.54 Å². The van der Waals surface area contributed by atoms with Crippen LogP contribution in [-0.4, -0.2) is 73.4 Å². The van der Waals surface area contributed by atoms with E-state index in [9.17, 15) is 4.79 Å². The number of carboxylic acid groups (broad SMARTS) is 1. The Labute approximate surface area is 109 Å². The minimum Gasteiger partial charge on any atom is -0.480 e. The van der Waals surface area contributed by atoms with Crippen LogP contribution in [0.4, 0.5) is 0 Å². The molecule has 0 radical (unpaired) electrons. The van der Waals surface area contributed by atoms with Crippen molar-refractivity contribution in [2.75, 3.05) is 52.5 Å². The monoisotopic (exact) mass is 256 g/mol. The van der Waals surface area contributed by atoms with E-state index in [2.05, 4.69) is 4.90 Å². The summed E-state index contributed by atoms with van der Waals surface area (Å²) in [7, 11) is 0. The van der Waals surface area contributed by atoms with Crippen LogP contribution < -0.4 is 0 Å². The van der Waals surface area contributed by atoms with Crippen molar-refractivity contribution in [1.29, 1.82) is 0 Å². The van der Waals surface area contributed by atoms with Gasteiger partial charge in [0.1, 0.15) is 0 Å². The van der Waals surface area contributed by atoms with Crippen LogP contribution >= 0.6 is 0 Å². The largest absolute Gasteiger partial charge is 0.480 e. The summed E-state index contributed by atoms with van der Waals surface area (Å²) in [4.78, 5) is 15.3. The molecule has 2 aliphatic heterocycles. The summed E-state index contributed by atoms with van der Waals surface area (Å²) in [6.45, 7) is 7.06. The fourth-order valence-corrected chi connectivity index (χ4v) is 2.85. The molecule has 0 amide bonds. The zero-order chi connectivity index (χ0) is 12.8. The van der Waals surface area contributed by atoms with Gasteiger partial charge in [-0.15, -0.1) is 0 Å². The lowest BCUT2D eigenvalue weighted by atomic mass is 10.00. The van der Waals surface area contributed by atoms with Gasteiger partial charge in [0, 0.05) is 39.4 Å². The highest BCUT2D eigenvalue weighted by molar-refractivity contribution is 5.69. The van der Waals surface area contributed by atoms with E-state index in [1.807, 2.05) is 4.90 Å². The van der Waals surface area contributed by atoms with Gasteiger partial charge in [0.15, 0.2) is 0 Å². The lowest BCUT2D eigenvalue weighted by Crippen LogP contribution is -2.36. The van der Waals surface area contributed by atoms with Crippen molar-refractivity contribution in [3.63, 3.8) is 0 Å². The molecule has 2 rings (SSSR count). The maximum atomic E-state index is 10.7. The van der Waals surface area contributed by atoms with Gasteiger partial charge < -0.3 is 14.7 Å². The van der Waals surface area contributed by atoms with E-state index in [0.717, 1.165) is 58.3 Å². The van der Waals surface area contributed by atoms with E-state index in [1.54, 1.807) is 0 Å². The topological polar surface area (TPSA) is 53.0 Å². The molecule has 0 aromatic rings. The van der Waals surface area contributed by atoms with Crippen LogP contribution in [0.1, 0.15) is 19.3 Å². The third-order valence-corrected chi connectivity index (χ3v) is 3.90. The molecule has 0 unspecified atom stereocenters. The molecule has 2 heterocycles.